The van der Waals surface area contributed by atoms with E-state index in [2.05, 4.69) is 20.2 Å². The highest BCUT2D eigenvalue weighted by Crippen LogP contribution is 2.40. The van der Waals surface area contributed by atoms with Crippen molar-refractivity contribution < 1.29 is 41.1 Å². The number of alkyl halides is 3. The van der Waals surface area contributed by atoms with Crippen molar-refractivity contribution in [3.63, 3.8) is 0 Å². The van der Waals surface area contributed by atoms with E-state index in [-0.39, 0.29) is 52.1 Å². The van der Waals surface area contributed by atoms with Crippen LogP contribution in [0.25, 0.3) is 34.0 Å². The lowest BCUT2D eigenvalue weighted by atomic mass is 9.97. The van der Waals surface area contributed by atoms with Gasteiger partial charge in [-0.15, -0.1) is 0 Å². The quantitative estimate of drug-likeness (QED) is 0.224. The van der Waals surface area contributed by atoms with Gasteiger partial charge in [0, 0.05) is 11.6 Å². The average molecular weight is 573 g/mol. The molecule has 2 aliphatic rings. The molecule has 0 saturated heterocycles. The maximum absolute atomic E-state index is 14.3. The summed E-state index contributed by atoms with van der Waals surface area (Å²) in [5.41, 5.74) is -3.72. The molecule has 2 aliphatic heterocycles. The summed E-state index contributed by atoms with van der Waals surface area (Å²) in [5, 5.41) is 18.0. The van der Waals surface area contributed by atoms with Crippen molar-refractivity contribution >= 4 is 5.97 Å². The molecule has 2 aromatic carbocycles. The number of hydrogen-bond donors (Lipinski definition) is 1. The van der Waals surface area contributed by atoms with Gasteiger partial charge in [-0.05, 0) is 43.7 Å². The molecular weight excluding hydrogens is 553 g/mol. The van der Waals surface area contributed by atoms with E-state index in [1.807, 2.05) is 6.92 Å². The van der Waals surface area contributed by atoms with Crippen LogP contribution in [0.1, 0.15) is 31.6 Å². The highest BCUT2D eigenvalue weighted by molar-refractivity contribution is 5.81. The summed E-state index contributed by atoms with van der Waals surface area (Å²) < 4.78 is 81.3. The molecule has 9 nitrogen and oxygen atoms in total. The Hall–Kier alpha value is -4.88. The molecule has 1 aromatic heterocycles. The number of imidazole rings is 1. The molecule has 0 spiro atoms. The van der Waals surface area contributed by atoms with E-state index in [4.69, 9.17) is 9.26 Å². The number of carboxylic acid groups (broad SMARTS) is 1. The van der Waals surface area contributed by atoms with E-state index in [0.29, 0.717) is 6.42 Å². The molecule has 14 heteroatoms. The van der Waals surface area contributed by atoms with Crippen LogP contribution in [0.2, 0.25) is 0 Å². The largest absolute Gasteiger partial charge is 0.494 e. The first-order valence-corrected chi connectivity index (χ1v) is 12.2. The number of halogens is 5. The monoisotopic (exact) mass is 573 g/mol. The minimum Gasteiger partial charge on any atom is -0.494 e. The van der Waals surface area contributed by atoms with E-state index < -0.39 is 34.9 Å². The summed E-state index contributed by atoms with van der Waals surface area (Å²) in [6, 6.07) is 7.93. The molecule has 41 heavy (non-hydrogen) atoms. The fraction of sp³-hybridized carbons (Fsp3) is 0.222. The van der Waals surface area contributed by atoms with Gasteiger partial charge in [-0.3, -0.25) is 0 Å². The maximum atomic E-state index is 14.3. The molecule has 1 N–H and O–H groups in total. The maximum Gasteiger partial charge on any atom is 0.417 e. The Labute approximate surface area is 228 Å². The Kier molecular flexibility index (Phi) is 6.93. The molecular formula is C27H20F5N5O4. The van der Waals surface area contributed by atoms with Gasteiger partial charge >= 0.3 is 12.1 Å². The van der Waals surface area contributed by atoms with Crippen molar-refractivity contribution in [1.82, 2.24) is 24.9 Å². The second-order valence-electron chi connectivity index (χ2n) is 9.14. The van der Waals surface area contributed by atoms with Crippen LogP contribution < -0.4 is 4.74 Å². The molecule has 0 aliphatic carbocycles. The Balaban J connectivity index is 1.56. The SMILES string of the molecule is CCCOc1ccc(-c2cc(C(C)(C(=O)O)n3cc4nc(-c5cccc(F)c5F)nc-4cn3)on2)c(C(F)(F)F)c1. The van der Waals surface area contributed by atoms with Crippen molar-refractivity contribution in [3.8, 4) is 39.8 Å². The first-order chi connectivity index (χ1) is 19.4. The molecule has 0 bridgehead atoms. The molecule has 1 atom stereocenters. The number of aliphatic carboxylic acids is 1. The molecule has 5 rings (SSSR count). The number of hydrogen-bond acceptors (Lipinski definition) is 7. The van der Waals surface area contributed by atoms with Gasteiger partial charge in [0.25, 0.3) is 0 Å². The van der Waals surface area contributed by atoms with Crippen LogP contribution in [-0.2, 0) is 16.5 Å². The van der Waals surface area contributed by atoms with Gasteiger partial charge in [0.2, 0.25) is 5.54 Å². The predicted octanol–water partition coefficient (Wildman–Crippen LogP) is 6.03. The minimum atomic E-state index is -4.77. The number of rotatable bonds is 8. The molecule has 0 radical (unpaired) electrons. The van der Waals surface area contributed by atoms with Crippen molar-refractivity contribution in [3.05, 3.63) is 77.8 Å². The van der Waals surface area contributed by atoms with E-state index in [9.17, 15) is 31.9 Å². The third-order valence-corrected chi connectivity index (χ3v) is 6.37. The van der Waals surface area contributed by atoms with Crippen molar-refractivity contribution in [2.75, 3.05) is 6.61 Å². The zero-order chi connectivity index (χ0) is 29.5. The Morgan fingerprint density at radius 2 is 1.80 bits per heavy atom. The number of carbonyl (C=O) groups is 1. The third-order valence-electron chi connectivity index (χ3n) is 6.37. The molecule has 1 unspecified atom stereocenters. The van der Waals surface area contributed by atoms with Crippen LogP contribution in [-0.4, -0.2) is 42.6 Å². The Bertz CT molecular complexity index is 1720. The standard InChI is InChI=1S/C27H20F5N5O4/c1-3-9-40-14-7-8-15(17(10-14)27(30,31)32)19-11-22(41-36-19)26(2,25(38)39)37-13-21-20(12-33-37)34-24(35-21)16-5-4-6-18(28)23(16)29/h4-8,10-13H,3,9H2,1-2H3,(H,38,39). The lowest BCUT2D eigenvalue weighted by Gasteiger charge is -2.24. The number of carboxylic acids is 1. The van der Waals surface area contributed by atoms with Crippen LogP contribution >= 0.6 is 0 Å². The molecule has 3 heterocycles. The fourth-order valence-electron chi connectivity index (χ4n) is 4.10. The van der Waals surface area contributed by atoms with E-state index in [1.54, 1.807) is 0 Å². The molecule has 212 valence electrons. The molecule has 0 saturated carbocycles. The first kappa shape index (κ1) is 27.7. The Morgan fingerprint density at radius 1 is 1.05 bits per heavy atom. The number of nitrogens with zero attached hydrogens (tertiary/aromatic N) is 5. The molecule has 3 aromatic rings. The second kappa shape index (κ2) is 10.3. The van der Waals surface area contributed by atoms with E-state index >= 15 is 0 Å². The van der Waals surface area contributed by atoms with E-state index in [1.165, 1.54) is 31.3 Å². The summed E-state index contributed by atoms with van der Waals surface area (Å²) in [6.07, 6.45) is -1.81. The normalized spacial score (nSPS) is 13.3. The lowest BCUT2D eigenvalue weighted by Crippen LogP contribution is -2.41. The molecule has 0 amide bonds. The van der Waals surface area contributed by atoms with Gasteiger partial charge in [0.15, 0.2) is 23.2 Å². The highest BCUT2D eigenvalue weighted by atomic mass is 19.4. The van der Waals surface area contributed by atoms with Gasteiger partial charge in [0.05, 0.1) is 30.1 Å². The number of benzene rings is 2. The second-order valence-corrected chi connectivity index (χ2v) is 9.14. The summed E-state index contributed by atoms with van der Waals surface area (Å²) in [6.45, 7) is 3.24. The Morgan fingerprint density at radius 3 is 2.51 bits per heavy atom. The number of ether oxygens (including phenoxy) is 1. The zero-order valence-corrected chi connectivity index (χ0v) is 21.4. The zero-order valence-electron chi connectivity index (χ0n) is 21.4. The summed E-state index contributed by atoms with van der Waals surface area (Å²) in [5.74, 6) is -4.21. The van der Waals surface area contributed by atoms with Crippen molar-refractivity contribution in [2.45, 2.75) is 32.0 Å². The van der Waals surface area contributed by atoms with E-state index in [0.717, 1.165) is 35.1 Å². The van der Waals surface area contributed by atoms with Crippen LogP contribution in [0.15, 0.2) is 59.4 Å². The smallest absolute Gasteiger partial charge is 0.417 e. The summed E-state index contributed by atoms with van der Waals surface area (Å²) in [4.78, 5) is 20.8. The summed E-state index contributed by atoms with van der Waals surface area (Å²) >= 11 is 0. The van der Waals surface area contributed by atoms with Crippen LogP contribution in [0.5, 0.6) is 5.75 Å². The van der Waals surface area contributed by atoms with Gasteiger partial charge in [-0.25, -0.2) is 28.2 Å². The van der Waals surface area contributed by atoms with Crippen LogP contribution in [0.4, 0.5) is 22.0 Å². The summed E-state index contributed by atoms with van der Waals surface area (Å²) in [7, 11) is 0. The first-order valence-electron chi connectivity index (χ1n) is 12.2. The molecule has 0 fully saturated rings. The van der Waals surface area contributed by atoms with Crippen molar-refractivity contribution in [1.29, 1.82) is 0 Å². The van der Waals surface area contributed by atoms with Gasteiger partial charge in [-0.2, -0.15) is 18.3 Å². The predicted molar refractivity (Wildman–Crippen MR) is 133 cm³/mol. The van der Waals surface area contributed by atoms with Crippen molar-refractivity contribution in [2.24, 2.45) is 0 Å². The number of fused-ring (bicyclic) bond motifs is 1. The lowest BCUT2D eigenvalue weighted by molar-refractivity contribution is -0.146. The van der Waals surface area contributed by atoms with Gasteiger partial charge in [-0.1, -0.05) is 18.1 Å². The van der Waals surface area contributed by atoms with Gasteiger partial charge < -0.3 is 14.4 Å². The van der Waals surface area contributed by atoms with Crippen LogP contribution in [0.3, 0.4) is 0 Å². The minimum absolute atomic E-state index is 0.0170. The third kappa shape index (κ3) is 4.96. The highest BCUT2D eigenvalue weighted by Gasteiger charge is 2.43. The van der Waals surface area contributed by atoms with Gasteiger partial charge in [0.1, 0.15) is 22.8 Å². The fourth-order valence-corrected chi connectivity index (χ4v) is 4.10. The average Bonchev–Trinajstić information content (AvgIpc) is 3.60. The topological polar surface area (TPSA) is 116 Å². The number of aromatic nitrogens is 5. The van der Waals surface area contributed by atoms with Crippen LogP contribution in [0, 0.1) is 11.6 Å².